The van der Waals surface area contributed by atoms with Gasteiger partial charge in [0.1, 0.15) is 5.82 Å². The zero-order chi connectivity index (χ0) is 20.3. The fraction of sp³-hybridized carbons (Fsp3) is 0.526. The van der Waals surface area contributed by atoms with Crippen LogP contribution in [0.4, 0.5) is 9.18 Å². The average Bonchev–Trinajstić information content (AvgIpc) is 2.89. The molecule has 2 fully saturated rings. The number of halogens is 1. The molecule has 28 heavy (non-hydrogen) atoms. The van der Waals surface area contributed by atoms with Crippen LogP contribution in [0, 0.1) is 5.82 Å². The number of hydroxylamine groups is 2. The van der Waals surface area contributed by atoms with Crippen LogP contribution in [0.25, 0.3) is 0 Å². The molecule has 1 atom stereocenters. The second-order valence-electron chi connectivity index (χ2n) is 7.58. The Bertz CT molecular complexity index is 768. The summed E-state index contributed by atoms with van der Waals surface area (Å²) in [5, 5.41) is 19.9. The molecule has 1 aromatic carbocycles. The minimum atomic E-state index is -0.809. The Hall–Kier alpha value is -1.71. The second kappa shape index (κ2) is 8.75. The molecule has 1 saturated carbocycles. The molecule has 1 aromatic rings. The molecular formula is C19H25FN4O2S2. The fourth-order valence-corrected chi connectivity index (χ4v) is 5.32. The van der Waals surface area contributed by atoms with Gasteiger partial charge in [-0.25, -0.2) is 14.2 Å². The predicted octanol–water partition coefficient (Wildman–Crippen LogP) is 4.33. The molecule has 0 unspecified atom stereocenters. The molecule has 1 aliphatic heterocycles. The number of thioether (sulfide) groups is 1. The van der Waals surface area contributed by atoms with Crippen molar-refractivity contribution in [2.24, 2.45) is 5.10 Å². The minimum absolute atomic E-state index is 0.0652. The van der Waals surface area contributed by atoms with Crippen molar-refractivity contribution < 1.29 is 14.4 Å². The molecule has 1 saturated heterocycles. The van der Waals surface area contributed by atoms with Gasteiger partial charge in [0.15, 0.2) is 10.5 Å². The largest absolute Gasteiger partial charge is 0.343 e. The van der Waals surface area contributed by atoms with Crippen LogP contribution in [0.1, 0.15) is 51.5 Å². The SMILES string of the molecule is CC1(C)SC(=S)N(/N=C\c2ccccc2F)[C@H]1N(O)C(=O)NC1CCCCC1. The molecule has 2 amide bonds. The summed E-state index contributed by atoms with van der Waals surface area (Å²) in [6, 6.07) is 5.74. The van der Waals surface area contributed by atoms with Crippen LogP contribution in [-0.4, -0.2) is 48.8 Å². The highest BCUT2D eigenvalue weighted by Crippen LogP contribution is 2.42. The maximum Gasteiger partial charge on any atom is 0.343 e. The van der Waals surface area contributed by atoms with E-state index in [1.54, 1.807) is 18.2 Å². The zero-order valence-corrected chi connectivity index (χ0v) is 17.6. The van der Waals surface area contributed by atoms with Crippen molar-refractivity contribution in [1.29, 1.82) is 0 Å². The van der Waals surface area contributed by atoms with E-state index in [4.69, 9.17) is 12.2 Å². The van der Waals surface area contributed by atoms with Gasteiger partial charge in [0.05, 0.1) is 11.0 Å². The summed E-state index contributed by atoms with van der Waals surface area (Å²) < 4.78 is 13.7. The molecular weight excluding hydrogens is 399 g/mol. The molecule has 0 radical (unpaired) electrons. The number of carbonyl (C=O) groups is 1. The Balaban J connectivity index is 1.77. The van der Waals surface area contributed by atoms with Gasteiger partial charge in [0.2, 0.25) is 0 Å². The fourth-order valence-electron chi connectivity index (χ4n) is 3.53. The van der Waals surface area contributed by atoms with Gasteiger partial charge in [0.25, 0.3) is 0 Å². The molecule has 6 nitrogen and oxygen atoms in total. The molecule has 3 rings (SSSR count). The molecule has 2 N–H and O–H groups in total. The lowest BCUT2D eigenvalue weighted by atomic mass is 9.96. The first-order chi connectivity index (χ1) is 13.3. The van der Waals surface area contributed by atoms with Gasteiger partial charge in [-0.15, -0.1) is 0 Å². The first-order valence-corrected chi connectivity index (χ1v) is 10.6. The predicted molar refractivity (Wildman–Crippen MR) is 113 cm³/mol. The van der Waals surface area contributed by atoms with Crippen LogP contribution in [0.2, 0.25) is 0 Å². The van der Waals surface area contributed by atoms with Crippen LogP contribution in [0.3, 0.4) is 0 Å². The van der Waals surface area contributed by atoms with Gasteiger partial charge >= 0.3 is 6.03 Å². The number of rotatable bonds is 4. The summed E-state index contributed by atoms with van der Waals surface area (Å²) in [5.74, 6) is -0.407. The Morgan fingerprint density at radius 3 is 2.75 bits per heavy atom. The van der Waals surface area contributed by atoms with E-state index >= 15 is 0 Å². The van der Waals surface area contributed by atoms with E-state index in [0.29, 0.717) is 14.9 Å². The van der Waals surface area contributed by atoms with Crippen molar-refractivity contribution in [3.8, 4) is 0 Å². The average molecular weight is 425 g/mol. The lowest BCUT2D eigenvalue weighted by molar-refractivity contribution is -0.119. The molecule has 0 spiro atoms. The zero-order valence-electron chi connectivity index (χ0n) is 16.0. The van der Waals surface area contributed by atoms with Crippen LogP contribution < -0.4 is 5.32 Å². The Morgan fingerprint density at radius 1 is 1.39 bits per heavy atom. The van der Waals surface area contributed by atoms with Gasteiger partial charge in [-0.3, -0.25) is 5.21 Å². The lowest BCUT2D eigenvalue weighted by Crippen LogP contribution is -2.57. The summed E-state index contributed by atoms with van der Waals surface area (Å²) in [6.07, 6.45) is 5.69. The van der Waals surface area contributed by atoms with Crippen molar-refractivity contribution in [3.05, 3.63) is 35.6 Å². The molecule has 0 bridgehead atoms. The van der Waals surface area contributed by atoms with Crippen molar-refractivity contribution >= 4 is 40.5 Å². The topological polar surface area (TPSA) is 68.2 Å². The number of urea groups is 1. The van der Waals surface area contributed by atoms with E-state index in [2.05, 4.69) is 10.4 Å². The highest BCUT2D eigenvalue weighted by molar-refractivity contribution is 8.24. The molecule has 152 valence electrons. The number of nitrogens with one attached hydrogen (secondary N) is 1. The number of hydrogen-bond acceptors (Lipinski definition) is 5. The first-order valence-electron chi connectivity index (χ1n) is 9.39. The molecule has 1 heterocycles. The van der Waals surface area contributed by atoms with Gasteiger partial charge in [-0.05, 0) is 32.8 Å². The van der Waals surface area contributed by atoms with E-state index < -0.39 is 22.8 Å². The maximum atomic E-state index is 13.9. The van der Waals surface area contributed by atoms with E-state index in [9.17, 15) is 14.4 Å². The number of thiocarbonyl (C=S) groups is 1. The normalized spacial score (nSPS) is 22.6. The number of carbonyl (C=O) groups excluding carboxylic acids is 1. The molecule has 0 aromatic heterocycles. The number of amides is 2. The highest BCUT2D eigenvalue weighted by atomic mass is 32.2. The summed E-state index contributed by atoms with van der Waals surface area (Å²) in [5.41, 5.74) is 0.301. The van der Waals surface area contributed by atoms with E-state index in [1.165, 1.54) is 35.5 Å². The maximum absolute atomic E-state index is 13.9. The first kappa shape index (κ1) is 21.0. The van der Waals surface area contributed by atoms with Gasteiger partial charge in [-0.1, -0.05) is 61.4 Å². The van der Waals surface area contributed by atoms with Crippen LogP contribution in [0.5, 0.6) is 0 Å². The van der Waals surface area contributed by atoms with Crippen molar-refractivity contribution in [1.82, 2.24) is 15.4 Å². The Kier molecular flexibility index (Phi) is 6.57. The third-order valence-corrected chi connectivity index (χ3v) is 6.53. The van der Waals surface area contributed by atoms with E-state index in [0.717, 1.165) is 25.7 Å². The smallest absolute Gasteiger partial charge is 0.333 e. The second-order valence-corrected chi connectivity index (χ2v) is 9.87. The lowest BCUT2D eigenvalue weighted by Gasteiger charge is -2.35. The van der Waals surface area contributed by atoms with Crippen LogP contribution in [-0.2, 0) is 0 Å². The Morgan fingerprint density at radius 2 is 2.07 bits per heavy atom. The van der Waals surface area contributed by atoms with Crippen molar-refractivity contribution in [2.45, 2.75) is 62.9 Å². The van der Waals surface area contributed by atoms with Crippen molar-refractivity contribution in [2.75, 3.05) is 0 Å². The quantitative estimate of drug-likeness (QED) is 0.326. The third-order valence-electron chi connectivity index (χ3n) is 4.99. The Labute approximate surface area is 174 Å². The van der Waals surface area contributed by atoms with E-state index in [-0.39, 0.29) is 6.04 Å². The number of nitrogens with zero attached hydrogens (tertiary/aromatic N) is 3. The minimum Gasteiger partial charge on any atom is -0.333 e. The van der Waals surface area contributed by atoms with Crippen LogP contribution >= 0.6 is 24.0 Å². The van der Waals surface area contributed by atoms with Crippen molar-refractivity contribution in [3.63, 3.8) is 0 Å². The molecule has 1 aliphatic carbocycles. The monoisotopic (exact) mass is 424 g/mol. The van der Waals surface area contributed by atoms with Gasteiger partial charge < -0.3 is 5.32 Å². The van der Waals surface area contributed by atoms with Gasteiger partial charge in [-0.2, -0.15) is 10.2 Å². The number of benzene rings is 1. The van der Waals surface area contributed by atoms with E-state index in [1.807, 2.05) is 13.8 Å². The number of hydrogen-bond donors (Lipinski definition) is 2. The van der Waals surface area contributed by atoms with Gasteiger partial charge in [0, 0.05) is 11.6 Å². The third kappa shape index (κ3) is 4.64. The summed E-state index contributed by atoms with van der Waals surface area (Å²) in [6.45, 7) is 3.76. The number of hydrazone groups is 1. The van der Waals surface area contributed by atoms with Crippen LogP contribution in [0.15, 0.2) is 29.4 Å². The summed E-state index contributed by atoms with van der Waals surface area (Å²) in [4.78, 5) is 12.6. The molecule has 2 aliphatic rings. The highest BCUT2D eigenvalue weighted by Gasteiger charge is 2.50. The summed E-state index contributed by atoms with van der Waals surface area (Å²) >= 11 is 6.73. The molecule has 9 heteroatoms. The standard InChI is InChI=1S/C19H25FN4O2S2/c1-19(2)16(24(26)17(25)22-14-9-4-3-5-10-14)23(18(27)28-19)21-12-13-8-6-7-11-15(13)20/h6-8,11-12,14,16,26H,3-5,9-10H2,1-2H3,(H,22,25)/b21-12-/t16-/m0/s1. The summed E-state index contributed by atoms with van der Waals surface area (Å²) in [7, 11) is 0.